The van der Waals surface area contributed by atoms with Crippen molar-refractivity contribution in [3.8, 4) is 5.75 Å². The van der Waals surface area contributed by atoms with Gasteiger partial charge in [0, 0.05) is 18.5 Å². The number of methoxy groups -OCH3 is 2. The minimum atomic E-state index is -0.0821. The Morgan fingerprint density at radius 1 is 1.35 bits per heavy atom. The predicted octanol–water partition coefficient (Wildman–Crippen LogP) is 1.56. The third kappa shape index (κ3) is 2.08. The van der Waals surface area contributed by atoms with Crippen molar-refractivity contribution < 1.29 is 14.3 Å². The molecule has 1 fully saturated rings. The molecule has 2 unspecified atom stereocenters. The summed E-state index contributed by atoms with van der Waals surface area (Å²) in [5.41, 5.74) is 2.70. The van der Waals surface area contributed by atoms with Gasteiger partial charge in [-0.15, -0.1) is 0 Å². The van der Waals surface area contributed by atoms with E-state index in [2.05, 4.69) is 17.4 Å². The summed E-state index contributed by atoms with van der Waals surface area (Å²) >= 11 is 0. The fourth-order valence-electron chi connectivity index (χ4n) is 3.72. The average molecular weight is 275 g/mol. The van der Waals surface area contributed by atoms with Crippen molar-refractivity contribution in [2.75, 3.05) is 27.3 Å². The Labute approximate surface area is 119 Å². The Bertz CT molecular complexity index is 528. The number of rotatable bonds is 2. The molecular formula is C16H21NO3. The van der Waals surface area contributed by atoms with Crippen molar-refractivity contribution >= 4 is 5.97 Å². The van der Waals surface area contributed by atoms with Crippen LogP contribution >= 0.6 is 0 Å². The van der Waals surface area contributed by atoms with E-state index in [1.807, 2.05) is 6.07 Å². The normalized spacial score (nSPS) is 28.2. The van der Waals surface area contributed by atoms with Gasteiger partial charge in [0.05, 0.1) is 20.1 Å². The van der Waals surface area contributed by atoms with Gasteiger partial charge >= 0.3 is 5.97 Å². The van der Waals surface area contributed by atoms with Crippen LogP contribution in [-0.4, -0.2) is 33.3 Å². The molecule has 1 aliphatic carbocycles. The Morgan fingerprint density at radius 2 is 2.20 bits per heavy atom. The van der Waals surface area contributed by atoms with Gasteiger partial charge in [0.25, 0.3) is 0 Å². The number of nitrogens with one attached hydrogen (secondary N) is 1. The van der Waals surface area contributed by atoms with E-state index in [0.29, 0.717) is 0 Å². The number of benzene rings is 1. The molecule has 1 spiro atoms. The van der Waals surface area contributed by atoms with Crippen LogP contribution in [0, 0.1) is 11.3 Å². The second kappa shape index (κ2) is 5.09. The number of carbonyl (C=O) groups excluding carboxylic acids is 1. The van der Waals surface area contributed by atoms with Crippen LogP contribution in [0.4, 0.5) is 0 Å². The molecular weight excluding hydrogens is 254 g/mol. The maximum Gasteiger partial charge on any atom is 0.310 e. The van der Waals surface area contributed by atoms with Crippen LogP contribution in [-0.2, 0) is 22.4 Å². The van der Waals surface area contributed by atoms with Crippen molar-refractivity contribution in [3.05, 3.63) is 29.3 Å². The number of esters is 1. The highest BCUT2D eigenvalue weighted by Gasteiger charge is 2.48. The topological polar surface area (TPSA) is 47.6 Å². The van der Waals surface area contributed by atoms with Gasteiger partial charge in [-0.05, 0) is 42.5 Å². The number of hydrogen-bond acceptors (Lipinski definition) is 4. The zero-order valence-electron chi connectivity index (χ0n) is 12.1. The summed E-state index contributed by atoms with van der Waals surface area (Å²) in [6.45, 7) is 1.62. The smallest absolute Gasteiger partial charge is 0.310 e. The van der Waals surface area contributed by atoms with Gasteiger partial charge in [0.1, 0.15) is 5.75 Å². The van der Waals surface area contributed by atoms with Gasteiger partial charge < -0.3 is 14.8 Å². The van der Waals surface area contributed by atoms with E-state index in [1.165, 1.54) is 18.2 Å². The van der Waals surface area contributed by atoms with Crippen LogP contribution in [0.25, 0.3) is 0 Å². The fourth-order valence-corrected chi connectivity index (χ4v) is 3.72. The third-order valence-electron chi connectivity index (χ3n) is 4.90. The van der Waals surface area contributed by atoms with E-state index in [4.69, 9.17) is 9.47 Å². The highest BCUT2D eigenvalue weighted by molar-refractivity contribution is 5.74. The van der Waals surface area contributed by atoms with Crippen molar-refractivity contribution in [1.82, 2.24) is 5.32 Å². The quantitative estimate of drug-likeness (QED) is 0.832. The lowest BCUT2D eigenvalue weighted by Crippen LogP contribution is -2.40. The van der Waals surface area contributed by atoms with Gasteiger partial charge in [-0.25, -0.2) is 0 Å². The Morgan fingerprint density at radius 3 is 2.95 bits per heavy atom. The molecule has 108 valence electrons. The first-order valence-electron chi connectivity index (χ1n) is 7.13. The van der Waals surface area contributed by atoms with E-state index in [0.717, 1.165) is 38.1 Å². The molecule has 0 amide bonds. The first-order valence-corrected chi connectivity index (χ1v) is 7.13. The summed E-state index contributed by atoms with van der Waals surface area (Å²) in [4.78, 5) is 12.0. The minimum Gasteiger partial charge on any atom is -0.497 e. The van der Waals surface area contributed by atoms with Crippen molar-refractivity contribution in [2.45, 2.75) is 19.3 Å². The molecule has 1 heterocycles. The molecule has 3 rings (SSSR count). The highest BCUT2D eigenvalue weighted by Crippen LogP contribution is 2.44. The Hall–Kier alpha value is -1.55. The lowest BCUT2D eigenvalue weighted by molar-refractivity contribution is -0.148. The van der Waals surface area contributed by atoms with Gasteiger partial charge in [-0.3, -0.25) is 4.79 Å². The van der Waals surface area contributed by atoms with Gasteiger partial charge in [-0.2, -0.15) is 0 Å². The summed E-state index contributed by atoms with van der Waals surface area (Å²) in [5.74, 6) is 0.773. The molecule has 0 aromatic heterocycles. The van der Waals surface area contributed by atoms with Crippen molar-refractivity contribution in [1.29, 1.82) is 0 Å². The lowest BCUT2D eigenvalue weighted by Gasteiger charge is -2.38. The second-order valence-electron chi connectivity index (χ2n) is 5.88. The summed E-state index contributed by atoms with van der Waals surface area (Å²) in [6.07, 6.45) is 2.99. The van der Waals surface area contributed by atoms with Gasteiger partial charge in [0.2, 0.25) is 0 Å². The first kappa shape index (κ1) is 13.4. The van der Waals surface area contributed by atoms with E-state index in [-0.39, 0.29) is 17.3 Å². The second-order valence-corrected chi connectivity index (χ2v) is 5.88. The molecule has 1 aromatic carbocycles. The molecule has 4 heteroatoms. The molecule has 1 saturated heterocycles. The van der Waals surface area contributed by atoms with Gasteiger partial charge in [0.15, 0.2) is 0 Å². The summed E-state index contributed by atoms with van der Waals surface area (Å²) in [5, 5.41) is 3.38. The molecule has 1 aliphatic heterocycles. The molecule has 20 heavy (non-hydrogen) atoms. The molecule has 1 aromatic rings. The van der Waals surface area contributed by atoms with E-state index >= 15 is 0 Å². The van der Waals surface area contributed by atoms with E-state index < -0.39 is 0 Å². The maximum atomic E-state index is 12.0. The van der Waals surface area contributed by atoms with E-state index in [9.17, 15) is 4.79 Å². The van der Waals surface area contributed by atoms with Crippen molar-refractivity contribution in [2.24, 2.45) is 11.3 Å². The molecule has 0 saturated carbocycles. The Kier molecular flexibility index (Phi) is 3.42. The number of aryl methyl sites for hydroxylation is 1. The molecule has 2 atom stereocenters. The number of carbonyl (C=O) groups is 1. The van der Waals surface area contributed by atoms with Crippen LogP contribution in [0.15, 0.2) is 18.2 Å². The highest BCUT2D eigenvalue weighted by atomic mass is 16.5. The van der Waals surface area contributed by atoms with Crippen LogP contribution in [0.2, 0.25) is 0 Å². The van der Waals surface area contributed by atoms with Crippen LogP contribution < -0.4 is 10.1 Å². The van der Waals surface area contributed by atoms with Crippen LogP contribution in [0.1, 0.15) is 17.5 Å². The summed E-state index contributed by atoms with van der Waals surface area (Å²) < 4.78 is 10.3. The summed E-state index contributed by atoms with van der Waals surface area (Å²) in [7, 11) is 3.17. The average Bonchev–Trinajstić information content (AvgIpc) is 2.88. The van der Waals surface area contributed by atoms with Gasteiger partial charge in [-0.1, -0.05) is 6.07 Å². The van der Waals surface area contributed by atoms with Crippen molar-refractivity contribution in [3.63, 3.8) is 0 Å². The fraction of sp³-hybridized carbons (Fsp3) is 0.562. The largest absolute Gasteiger partial charge is 0.497 e. The summed E-state index contributed by atoms with van der Waals surface area (Å²) in [6, 6.07) is 6.28. The zero-order chi connectivity index (χ0) is 14.2. The first-order chi connectivity index (χ1) is 9.68. The minimum absolute atomic E-state index is 0.00641. The molecule has 0 radical (unpaired) electrons. The number of hydrogen-bond donors (Lipinski definition) is 1. The predicted molar refractivity (Wildman–Crippen MR) is 75.8 cm³/mol. The third-order valence-corrected chi connectivity index (χ3v) is 4.90. The van der Waals surface area contributed by atoms with Crippen LogP contribution in [0.3, 0.4) is 0 Å². The lowest BCUT2D eigenvalue weighted by atomic mass is 9.66. The Balaban J connectivity index is 1.91. The van der Waals surface area contributed by atoms with Crippen LogP contribution in [0.5, 0.6) is 5.75 Å². The standard InChI is InChI=1S/C16H21NO3/c1-19-13-4-3-11-5-6-16(8-12(11)7-13)10-17-9-14(16)15(18)20-2/h3-4,7,14,17H,5-6,8-10H2,1-2H3. The van der Waals surface area contributed by atoms with E-state index in [1.54, 1.807) is 7.11 Å². The number of fused-ring (bicyclic) bond motifs is 1. The molecule has 2 aliphatic rings. The molecule has 1 N–H and O–H groups in total. The monoisotopic (exact) mass is 275 g/mol. The maximum absolute atomic E-state index is 12.0. The number of ether oxygens (including phenoxy) is 2. The SMILES string of the molecule is COC(=O)C1CNCC12CCc1ccc(OC)cc1C2. The molecule has 4 nitrogen and oxygen atoms in total. The molecule has 0 bridgehead atoms. The zero-order valence-corrected chi connectivity index (χ0v) is 12.1.